The molecule has 0 saturated heterocycles. The van der Waals surface area contributed by atoms with E-state index in [9.17, 15) is 4.79 Å². The summed E-state index contributed by atoms with van der Waals surface area (Å²) in [6.45, 7) is 5.46. The molecule has 3 rings (SSSR count). The Balaban J connectivity index is 1.42. The van der Waals surface area contributed by atoms with Crippen LogP contribution in [0.5, 0.6) is 5.88 Å². The number of furan rings is 1. The lowest BCUT2D eigenvalue weighted by Crippen LogP contribution is -2.28. The number of nitrogens with zero attached hydrogens (tertiary/aromatic N) is 3. The zero-order chi connectivity index (χ0) is 17.6. The number of carbonyl (C=O) groups is 1. The predicted molar refractivity (Wildman–Crippen MR) is 89.2 cm³/mol. The molecular formula is C17H20N4O4. The molecule has 132 valence electrons. The van der Waals surface area contributed by atoms with Gasteiger partial charge in [0.1, 0.15) is 5.82 Å². The number of imidazole rings is 1. The molecule has 3 aromatic rings. The van der Waals surface area contributed by atoms with Crippen molar-refractivity contribution >= 4 is 6.09 Å². The Morgan fingerprint density at radius 2 is 2.28 bits per heavy atom. The fourth-order valence-corrected chi connectivity index (χ4v) is 2.42. The molecule has 0 fully saturated rings. The smallest absolute Gasteiger partial charge is 0.414 e. The molecular weight excluding hydrogens is 324 g/mol. The zero-order valence-corrected chi connectivity index (χ0v) is 14.1. The van der Waals surface area contributed by atoms with Crippen LogP contribution in [-0.4, -0.2) is 27.3 Å². The summed E-state index contributed by atoms with van der Waals surface area (Å²) in [5.41, 5.74) is 0. The van der Waals surface area contributed by atoms with Crippen LogP contribution in [0.4, 0.5) is 4.79 Å². The third kappa shape index (κ3) is 4.28. The van der Waals surface area contributed by atoms with Gasteiger partial charge in [-0.3, -0.25) is 0 Å². The number of ether oxygens (including phenoxy) is 1. The molecule has 8 heteroatoms. The average molecular weight is 344 g/mol. The maximum absolute atomic E-state index is 11.8. The summed E-state index contributed by atoms with van der Waals surface area (Å²) in [6.07, 6.45) is 5.45. The lowest BCUT2D eigenvalue weighted by atomic mass is 10.2. The Labute approximate surface area is 144 Å². The highest BCUT2D eigenvalue weighted by Gasteiger charge is 2.13. The number of amides is 1. The van der Waals surface area contributed by atoms with Gasteiger partial charge in [-0.25, -0.2) is 9.78 Å². The first-order chi connectivity index (χ1) is 12.1. The van der Waals surface area contributed by atoms with Crippen molar-refractivity contribution in [3.63, 3.8) is 0 Å². The van der Waals surface area contributed by atoms with E-state index in [0.29, 0.717) is 24.0 Å². The standard InChI is InChI=1S/C17H20N4O4/c1-12(2)16-18-7-9-21(16)8-4-6-19-17(22)24-15-11-14(25-20-15)13-5-3-10-23-13/h3,5,7,9-12H,4,6,8H2,1-2H3,(H,19,22). The normalized spacial score (nSPS) is 11.0. The van der Waals surface area contributed by atoms with Crippen LogP contribution in [0.1, 0.15) is 32.0 Å². The molecule has 0 aromatic carbocycles. The number of nitrogens with one attached hydrogen (secondary N) is 1. The molecule has 0 unspecified atom stereocenters. The third-order valence-electron chi connectivity index (χ3n) is 3.56. The van der Waals surface area contributed by atoms with Crippen LogP contribution < -0.4 is 10.1 Å². The van der Waals surface area contributed by atoms with Gasteiger partial charge in [-0.2, -0.15) is 0 Å². The Morgan fingerprint density at radius 1 is 1.40 bits per heavy atom. The number of rotatable bonds is 7. The molecule has 0 bridgehead atoms. The van der Waals surface area contributed by atoms with E-state index in [1.165, 1.54) is 12.3 Å². The highest BCUT2D eigenvalue weighted by Crippen LogP contribution is 2.23. The summed E-state index contributed by atoms with van der Waals surface area (Å²) in [5.74, 6) is 2.40. The van der Waals surface area contributed by atoms with Crippen molar-refractivity contribution in [2.24, 2.45) is 0 Å². The van der Waals surface area contributed by atoms with Gasteiger partial charge in [0.25, 0.3) is 5.88 Å². The summed E-state index contributed by atoms with van der Waals surface area (Å²) in [7, 11) is 0. The second kappa shape index (κ2) is 7.69. The maximum Gasteiger partial charge on any atom is 0.414 e. The molecule has 0 saturated carbocycles. The number of aromatic nitrogens is 3. The molecule has 0 radical (unpaired) electrons. The van der Waals surface area contributed by atoms with Crippen LogP contribution in [0.25, 0.3) is 11.5 Å². The van der Waals surface area contributed by atoms with Crippen LogP contribution in [0.3, 0.4) is 0 Å². The van der Waals surface area contributed by atoms with Crippen LogP contribution in [-0.2, 0) is 6.54 Å². The van der Waals surface area contributed by atoms with E-state index in [2.05, 4.69) is 33.9 Å². The summed E-state index contributed by atoms with van der Waals surface area (Å²) < 4.78 is 17.4. The van der Waals surface area contributed by atoms with Gasteiger partial charge in [0.15, 0.2) is 5.76 Å². The van der Waals surface area contributed by atoms with E-state index in [1.54, 1.807) is 18.3 Å². The van der Waals surface area contributed by atoms with Crippen molar-refractivity contribution in [2.45, 2.75) is 32.7 Å². The molecule has 3 heterocycles. The Bertz CT molecular complexity index is 804. The monoisotopic (exact) mass is 344 g/mol. The van der Waals surface area contributed by atoms with Gasteiger partial charge in [0.05, 0.1) is 12.3 Å². The molecule has 25 heavy (non-hydrogen) atoms. The summed E-state index contributed by atoms with van der Waals surface area (Å²) in [5, 5.41) is 6.37. The van der Waals surface area contributed by atoms with Gasteiger partial charge in [-0.1, -0.05) is 13.8 Å². The fourth-order valence-electron chi connectivity index (χ4n) is 2.42. The van der Waals surface area contributed by atoms with Crippen molar-refractivity contribution in [2.75, 3.05) is 6.54 Å². The first kappa shape index (κ1) is 16.8. The van der Waals surface area contributed by atoms with Crippen LogP contribution in [0.15, 0.2) is 45.8 Å². The van der Waals surface area contributed by atoms with Crippen LogP contribution in [0.2, 0.25) is 0 Å². The maximum atomic E-state index is 11.8. The van der Waals surface area contributed by atoms with Crippen LogP contribution in [0, 0.1) is 0 Å². The molecule has 0 aliphatic carbocycles. The van der Waals surface area contributed by atoms with Crippen molar-refractivity contribution in [1.82, 2.24) is 20.0 Å². The minimum atomic E-state index is -0.575. The van der Waals surface area contributed by atoms with E-state index >= 15 is 0 Å². The third-order valence-corrected chi connectivity index (χ3v) is 3.56. The minimum absolute atomic E-state index is 0.0839. The molecule has 1 N–H and O–H groups in total. The molecule has 0 spiro atoms. The molecule has 1 amide bonds. The first-order valence-corrected chi connectivity index (χ1v) is 8.11. The molecule has 0 atom stereocenters. The van der Waals surface area contributed by atoms with Crippen molar-refractivity contribution in [3.05, 3.63) is 42.7 Å². The Morgan fingerprint density at radius 3 is 3.04 bits per heavy atom. The largest absolute Gasteiger partial charge is 0.461 e. The van der Waals surface area contributed by atoms with Gasteiger partial charge in [0, 0.05) is 31.4 Å². The van der Waals surface area contributed by atoms with E-state index in [1.807, 2.05) is 6.20 Å². The molecule has 0 aliphatic heterocycles. The molecule has 0 aliphatic rings. The zero-order valence-electron chi connectivity index (χ0n) is 14.1. The van der Waals surface area contributed by atoms with Crippen LogP contribution >= 0.6 is 0 Å². The van der Waals surface area contributed by atoms with E-state index in [-0.39, 0.29) is 5.88 Å². The lowest BCUT2D eigenvalue weighted by molar-refractivity contribution is 0.195. The van der Waals surface area contributed by atoms with Crippen molar-refractivity contribution in [1.29, 1.82) is 0 Å². The van der Waals surface area contributed by atoms with Crippen molar-refractivity contribution in [3.8, 4) is 17.4 Å². The second-order valence-electron chi connectivity index (χ2n) is 5.81. The van der Waals surface area contributed by atoms with Gasteiger partial charge in [-0.05, 0) is 23.7 Å². The highest BCUT2D eigenvalue weighted by molar-refractivity contribution is 5.70. The number of carbonyl (C=O) groups excluding carboxylic acids is 1. The van der Waals surface area contributed by atoms with E-state index in [4.69, 9.17) is 13.7 Å². The first-order valence-electron chi connectivity index (χ1n) is 8.11. The Hall–Kier alpha value is -3.03. The number of hydrogen-bond donors (Lipinski definition) is 1. The average Bonchev–Trinajstić information content (AvgIpc) is 3.31. The fraction of sp³-hybridized carbons (Fsp3) is 0.353. The SMILES string of the molecule is CC(C)c1nccn1CCCNC(=O)Oc1cc(-c2ccco2)on1. The number of aryl methyl sites for hydroxylation is 1. The predicted octanol–water partition coefficient (Wildman–Crippen LogP) is 3.43. The summed E-state index contributed by atoms with van der Waals surface area (Å²) in [4.78, 5) is 16.1. The minimum Gasteiger partial charge on any atom is -0.461 e. The van der Waals surface area contributed by atoms with Crippen molar-refractivity contribution < 1.29 is 18.5 Å². The quantitative estimate of drug-likeness (QED) is 0.660. The molecule has 3 aromatic heterocycles. The second-order valence-corrected chi connectivity index (χ2v) is 5.81. The summed E-state index contributed by atoms with van der Waals surface area (Å²) >= 11 is 0. The van der Waals surface area contributed by atoms with E-state index < -0.39 is 6.09 Å². The summed E-state index contributed by atoms with van der Waals surface area (Å²) in [6, 6.07) is 4.96. The Kier molecular flexibility index (Phi) is 5.17. The topological polar surface area (TPSA) is 95.3 Å². The van der Waals surface area contributed by atoms with Gasteiger partial charge < -0.3 is 23.6 Å². The molecule has 8 nitrogen and oxygen atoms in total. The van der Waals surface area contributed by atoms with Gasteiger partial charge in [0.2, 0.25) is 5.76 Å². The van der Waals surface area contributed by atoms with E-state index in [0.717, 1.165) is 18.8 Å². The van der Waals surface area contributed by atoms with Gasteiger partial charge >= 0.3 is 6.09 Å². The number of hydrogen-bond acceptors (Lipinski definition) is 6. The lowest BCUT2D eigenvalue weighted by Gasteiger charge is -2.10. The van der Waals surface area contributed by atoms with Gasteiger partial charge in [-0.15, -0.1) is 0 Å². The highest BCUT2D eigenvalue weighted by atomic mass is 16.6.